The van der Waals surface area contributed by atoms with E-state index in [2.05, 4.69) is 20.5 Å². The topological polar surface area (TPSA) is 68.2 Å². The highest BCUT2D eigenvalue weighted by Gasteiger charge is 2.41. The first kappa shape index (κ1) is 20.1. The van der Waals surface area contributed by atoms with E-state index in [4.69, 9.17) is 0 Å². The van der Waals surface area contributed by atoms with E-state index in [0.717, 1.165) is 13.1 Å². The van der Waals surface area contributed by atoms with Gasteiger partial charge in [0, 0.05) is 18.9 Å². The number of aromatic nitrogens is 2. The molecule has 26 heavy (non-hydrogen) atoms. The Hall–Kier alpha value is -2.19. The molecule has 1 saturated heterocycles. The maximum Gasteiger partial charge on any atom is 0.387 e. The summed E-state index contributed by atoms with van der Waals surface area (Å²) in [6.07, 6.45) is 4.72. The maximum absolute atomic E-state index is 12.9. The van der Waals surface area contributed by atoms with Crippen LogP contribution in [-0.4, -0.2) is 35.4 Å². The van der Waals surface area contributed by atoms with Gasteiger partial charge in [0.05, 0.1) is 0 Å². The number of hydrogen-bond acceptors (Lipinski definition) is 4. The fraction of sp³-hybridized carbons (Fsp3) is 0.412. The zero-order valence-corrected chi connectivity index (χ0v) is 14.8. The fourth-order valence-corrected chi connectivity index (χ4v) is 3.10. The summed E-state index contributed by atoms with van der Waals surface area (Å²) >= 11 is 0. The molecule has 3 rings (SSSR count). The number of carbonyl (C=O) groups is 1. The monoisotopic (exact) mass is 386 g/mol. The van der Waals surface area contributed by atoms with Gasteiger partial charge in [-0.1, -0.05) is 12.1 Å². The molecule has 0 saturated carbocycles. The minimum absolute atomic E-state index is 0. The molecule has 142 valence electrons. The van der Waals surface area contributed by atoms with Crippen LogP contribution in [0, 0.1) is 0 Å². The Morgan fingerprint density at radius 2 is 2.12 bits per heavy atom. The van der Waals surface area contributed by atoms with Crippen molar-refractivity contribution in [1.82, 2.24) is 20.4 Å². The van der Waals surface area contributed by atoms with Crippen molar-refractivity contribution >= 4 is 18.3 Å². The van der Waals surface area contributed by atoms with E-state index >= 15 is 0 Å². The first-order valence-corrected chi connectivity index (χ1v) is 8.13. The average molecular weight is 387 g/mol. The molecule has 6 nitrogen and oxygen atoms in total. The first-order chi connectivity index (χ1) is 12.1. The van der Waals surface area contributed by atoms with E-state index in [1.54, 1.807) is 35.3 Å². The number of nitrogens with zero attached hydrogens (tertiary/aromatic N) is 2. The van der Waals surface area contributed by atoms with Crippen molar-refractivity contribution in [3.05, 3.63) is 48.3 Å². The average Bonchev–Trinajstić information content (AvgIpc) is 3.15. The molecule has 9 heteroatoms. The Balaban J connectivity index is 0.00000243. The summed E-state index contributed by atoms with van der Waals surface area (Å²) in [5, 5.41) is 10.4. The number of piperidine rings is 1. The first-order valence-electron chi connectivity index (χ1n) is 8.13. The van der Waals surface area contributed by atoms with Gasteiger partial charge in [0.2, 0.25) is 5.91 Å². The Labute approximate surface area is 156 Å². The molecular formula is C17H21ClF2N4O2. The number of rotatable bonds is 6. The third-order valence-electron chi connectivity index (χ3n) is 4.37. The number of amides is 1. The summed E-state index contributed by atoms with van der Waals surface area (Å²) in [4.78, 5) is 12.9. The molecule has 1 aromatic heterocycles. The summed E-state index contributed by atoms with van der Waals surface area (Å²) < 4.78 is 30.7. The van der Waals surface area contributed by atoms with Crippen LogP contribution in [-0.2, 0) is 16.9 Å². The van der Waals surface area contributed by atoms with Crippen LogP contribution in [0.25, 0.3) is 0 Å². The van der Waals surface area contributed by atoms with Crippen LogP contribution >= 0.6 is 12.4 Å². The molecule has 0 radical (unpaired) electrons. The van der Waals surface area contributed by atoms with Gasteiger partial charge in [-0.25, -0.2) is 0 Å². The van der Waals surface area contributed by atoms with Crippen LogP contribution in [0.5, 0.6) is 5.75 Å². The van der Waals surface area contributed by atoms with Gasteiger partial charge >= 0.3 is 6.61 Å². The van der Waals surface area contributed by atoms with E-state index in [0.29, 0.717) is 18.4 Å². The lowest BCUT2D eigenvalue weighted by molar-refractivity contribution is -0.132. The number of carbonyl (C=O) groups excluding carboxylic acids is 1. The second-order valence-corrected chi connectivity index (χ2v) is 5.94. The maximum atomic E-state index is 12.9. The molecule has 1 aromatic carbocycles. The molecule has 2 heterocycles. The molecule has 2 N–H and O–H groups in total. The summed E-state index contributed by atoms with van der Waals surface area (Å²) in [6, 6.07) is 8.11. The summed E-state index contributed by atoms with van der Waals surface area (Å²) in [6.45, 7) is -1.19. The van der Waals surface area contributed by atoms with Crippen molar-refractivity contribution in [3.8, 4) is 5.75 Å². The van der Waals surface area contributed by atoms with Crippen LogP contribution in [0.3, 0.4) is 0 Å². The van der Waals surface area contributed by atoms with E-state index in [-0.39, 0.29) is 30.6 Å². The number of alkyl halides is 2. The van der Waals surface area contributed by atoms with E-state index in [9.17, 15) is 13.6 Å². The van der Waals surface area contributed by atoms with Crippen molar-refractivity contribution in [1.29, 1.82) is 0 Å². The predicted molar refractivity (Wildman–Crippen MR) is 94.5 cm³/mol. The van der Waals surface area contributed by atoms with Crippen LogP contribution in [0.15, 0.2) is 42.7 Å². The van der Waals surface area contributed by atoms with Crippen molar-refractivity contribution in [2.45, 2.75) is 31.5 Å². The number of nitrogens with one attached hydrogen (secondary N) is 2. The lowest BCUT2D eigenvalue weighted by Crippen LogP contribution is -2.54. The minimum atomic E-state index is -2.87. The molecule has 2 aromatic rings. The molecule has 1 amide bonds. The van der Waals surface area contributed by atoms with Gasteiger partial charge in [-0.15, -0.1) is 12.4 Å². The van der Waals surface area contributed by atoms with Gasteiger partial charge < -0.3 is 15.4 Å². The Kier molecular flexibility index (Phi) is 6.93. The number of benzene rings is 1. The van der Waals surface area contributed by atoms with Crippen LogP contribution in [0.4, 0.5) is 8.78 Å². The molecule has 1 aliphatic heterocycles. The molecule has 0 spiro atoms. The number of halogens is 3. The zero-order valence-electron chi connectivity index (χ0n) is 14.0. The Morgan fingerprint density at radius 1 is 1.35 bits per heavy atom. The zero-order chi connectivity index (χ0) is 17.7. The van der Waals surface area contributed by atoms with E-state index in [1.807, 2.05) is 0 Å². The molecule has 0 aliphatic carbocycles. The van der Waals surface area contributed by atoms with Crippen molar-refractivity contribution in [2.75, 3.05) is 13.1 Å². The Bertz CT molecular complexity index is 707. The normalized spacial score (nSPS) is 16.0. The van der Waals surface area contributed by atoms with Crippen molar-refractivity contribution in [3.63, 3.8) is 0 Å². The number of ether oxygens (including phenoxy) is 1. The fourth-order valence-electron chi connectivity index (χ4n) is 3.10. The van der Waals surface area contributed by atoms with Gasteiger partial charge in [-0.3, -0.25) is 9.48 Å². The highest BCUT2D eigenvalue weighted by Crippen LogP contribution is 2.27. The molecular weight excluding hydrogens is 366 g/mol. The molecule has 0 unspecified atom stereocenters. The van der Waals surface area contributed by atoms with Crippen LogP contribution < -0.4 is 15.4 Å². The second kappa shape index (κ2) is 8.95. The summed E-state index contributed by atoms with van der Waals surface area (Å²) in [5.74, 6) is -0.0525. The lowest BCUT2D eigenvalue weighted by atomic mass is 9.87. The van der Waals surface area contributed by atoms with Gasteiger partial charge in [0.25, 0.3) is 0 Å². The quantitative estimate of drug-likeness (QED) is 0.799. The Morgan fingerprint density at radius 3 is 2.77 bits per heavy atom. The van der Waals surface area contributed by atoms with Gasteiger partial charge in [-0.2, -0.15) is 13.9 Å². The predicted octanol–water partition coefficient (Wildman–Crippen LogP) is 2.30. The van der Waals surface area contributed by atoms with Crippen LogP contribution in [0.2, 0.25) is 0 Å². The van der Waals surface area contributed by atoms with Crippen LogP contribution in [0.1, 0.15) is 18.4 Å². The second-order valence-electron chi connectivity index (χ2n) is 5.94. The third-order valence-corrected chi connectivity index (χ3v) is 4.37. The van der Waals surface area contributed by atoms with Crippen molar-refractivity contribution < 1.29 is 18.3 Å². The van der Waals surface area contributed by atoms with Gasteiger partial charge in [0.15, 0.2) is 0 Å². The van der Waals surface area contributed by atoms with Gasteiger partial charge in [0.1, 0.15) is 11.3 Å². The largest absolute Gasteiger partial charge is 0.435 e. The van der Waals surface area contributed by atoms with E-state index < -0.39 is 12.2 Å². The smallest absolute Gasteiger partial charge is 0.387 e. The van der Waals surface area contributed by atoms with E-state index in [1.165, 1.54) is 12.1 Å². The standard InChI is InChI=1S/C17H20F2N4O2.ClH/c18-16(19)25-14-4-1-3-13(11-14)12-21-15(24)17(5-8-20-9-6-17)23-10-2-7-22-23;/h1-4,7,10-11,16,20H,5-6,8-9,12H2,(H,21,24);1H. The highest BCUT2D eigenvalue weighted by atomic mass is 35.5. The molecule has 1 fully saturated rings. The SMILES string of the molecule is Cl.O=C(NCc1cccc(OC(F)F)c1)C1(n2cccn2)CCNCC1. The summed E-state index contributed by atoms with van der Waals surface area (Å²) in [7, 11) is 0. The molecule has 0 atom stereocenters. The molecule has 0 bridgehead atoms. The minimum Gasteiger partial charge on any atom is -0.435 e. The van der Waals surface area contributed by atoms with Crippen molar-refractivity contribution in [2.24, 2.45) is 0 Å². The highest BCUT2D eigenvalue weighted by molar-refractivity contribution is 5.85. The van der Waals surface area contributed by atoms with Gasteiger partial charge in [-0.05, 0) is 49.7 Å². The lowest BCUT2D eigenvalue weighted by Gasteiger charge is -2.36. The third kappa shape index (κ3) is 4.50. The number of hydrogen-bond donors (Lipinski definition) is 2. The summed E-state index contributed by atoms with van der Waals surface area (Å²) in [5.41, 5.74) is -0.0395. The molecule has 1 aliphatic rings.